The maximum absolute atomic E-state index is 12.1. The molecule has 0 aliphatic heterocycles. The summed E-state index contributed by atoms with van der Waals surface area (Å²) in [5.41, 5.74) is 2.62. The molecule has 0 saturated heterocycles. The Kier molecular flexibility index (Phi) is 3.06. The molecular weight excluding hydrogens is 270 g/mol. The van der Waals surface area contributed by atoms with E-state index in [0.717, 1.165) is 11.1 Å². The van der Waals surface area contributed by atoms with Crippen molar-refractivity contribution in [3.05, 3.63) is 63.8 Å². The van der Waals surface area contributed by atoms with Gasteiger partial charge in [0.25, 0.3) is 0 Å². The number of carboxylic acids is 1. The lowest BCUT2D eigenvalue weighted by Gasteiger charge is -2.06. The van der Waals surface area contributed by atoms with Crippen LogP contribution in [0.25, 0.3) is 11.0 Å². The molecule has 106 valence electrons. The van der Waals surface area contributed by atoms with E-state index in [9.17, 15) is 14.7 Å². The van der Waals surface area contributed by atoms with Gasteiger partial charge in [0.1, 0.15) is 0 Å². The summed E-state index contributed by atoms with van der Waals surface area (Å²) in [6.45, 7) is 2.29. The normalized spacial score (nSPS) is 10.9. The first-order valence-electron chi connectivity index (χ1n) is 6.42. The van der Waals surface area contributed by atoms with Gasteiger partial charge in [0, 0.05) is 12.4 Å². The zero-order valence-corrected chi connectivity index (χ0v) is 11.3. The zero-order chi connectivity index (χ0) is 15.0. The first kappa shape index (κ1) is 13.1. The average molecular weight is 283 g/mol. The lowest BCUT2D eigenvalue weighted by Crippen LogP contribution is -2.17. The fourth-order valence-electron chi connectivity index (χ4n) is 2.35. The molecule has 2 N–H and O–H groups in total. The van der Waals surface area contributed by atoms with E-state index in [0.29, 0.717) is 17.6 Å². The van der Waals surface area contributed by atoms with Crippen molar-refractivity contribution >= 4 is 17.0 Å². The molecule has 3 rings (SSSR count). The molecule has 0 aliphatic carbocycles. The Labute approximate surface area is 119 Å². The van der Waals surface area contributed by atoms with Crippen LogP contribution in [0, 0.1) is 6.92 Å². The summed E-state index contributed by atoms with van der Waals surface area (Å²) in [5, 5.41) is 9.18. The summed E-state index contributed by atoms with van der Waals surface area (Å²) in [6.07, 6.45) is 3.40. The molecule has 1 aromatic carbocycles. The number of imidazole rings is 1. The maximum atomic E-state index is 12.1. The van der Waals surface area contributed by atoms with Crippen LogP contribution in [0.4, 0.5) is 0 Å². The van der Waals surface area contributed by atoms with Gasteiger partial charge in [-0.1, -0.05) is 6.07 Å². The van der Waals surface area contributed by atoms with Crippen LogP contribution in [0.2, 0.25) is 0 Å². The van der Waals surface area contributed by atoms with Crippen LogP contribution in [0.1, 0.15) is 21.5 Å². The molecule has 0 spiro atoms. The summed E-state index contributed by atoms with van der Waals surface area (Å²) >= 11 is 0. The molecule has 0 aliphatic rings. The minimum atomic E-state index is -1.06. The van der Waals surface area contributed by atoms with E-state index < -0.39 is 5.97 Å². The van der Waals surface area contributed by atoms with Gasteiger partial charge in [0.05, 0.1) is 23.1 Å². The van der Waals surface area contributed by atoms with E-state index in [4.69, 9.17) is 0 Å². The molecule has 0 radical (unpaired) electrons. The first-order chi connectivity index (χ1) is 10.1. The number of nitrogens with one attached hydrogen (secondary N) is 1. The number of nitrogens with zero attached hydrogens (tertiary/aromatic N) is 2. The third-order valence-corrected chi connectivity index (χ3v) is 3.52. The van der Waals surface area contributed by atoms with Crippen LogP contribution in [0.3, 0.4) is 0 Å². The number of benzene rings is 1. The smallest absolute Gasteiger partial charge is 0.337 e. The number of hydrogen-bond donors (Lipinski definition) is 2. The quantitative estimate of drug-likeness (QED) is 0.767. The zero-order valence-electron chi connectivity index (χ0n) is 11.3. The van der Waals surface area contributed by atoms with Crippen molar-refractivity contribution in [1.82, 2.24) is 14.5 Å². The highest BCUT2D eigenvalue weighted by molar-refractivity contribution is 6.00. The van der Waals surface area contributed by atoms with E-state index in [1.807, 2.05) is 13.0 Å². The Morgan fingerprint density at radius 1 is 1.38 bits per heavy atom. The van der Waals surface area contributed by atoms with Crippen LogP contribution < -0.4 is 5.69 Å². The van der Waals surface area contributed by atoms with Gasteiger partial charge >= 0.3 is 11.7 Å². The minimum Gasteiger partial charge on any atom is -0.478 e. The molecule has 3 aromatic rings. The minimum absolute atomic E-state index is 0.0891. The number of H-pyrrole nitrogens is 1. The first-order valence-corrected chi connectivity index (χ1v) is 6.42. The van der Waals surface area contributed by atoms with Crippen molar-refractivity contribution in [2.24, 2.45) is 0 Å². The van der Waals surface area contributed by atoms with E-state index in [1.165, 1.54) is 10.6 Å². The van der Waals surface area contributed by atoms with Crippen LogP contribution in [-0.2, 0) is 6.54 Å². The second-order valence-electron chi connectivity index (χ2n) is 4.82. The molecular formula is C15H13N3O3. The molecule has 0 atom stereocenters. The van der Waals surface area contributed by atoms with Gasteiger partial charge in [0.2, 0.25) is 0 Å². The van der Waals surface area contributed by atoms with Crippen molar-refractivity contribution in [3.63, 3.8) is 0 Å². The second-order valence-corrected chi connectivity index (χ2v) is 4.82. The largest absolute Gasteiger partial charge is 0.478 e. The Balaban J connectivity index is 2.18. The Bertz CT molecular complexity index is 893. The molecule has 0 unspecified atom stereocenters. The second kappa shape index (κ2) is 4.90. The number of pyridine rings is 1. The fraction of sp³-hybridized carbons (Fsp3) is 0.133. The number of aromatic amines is 1. The van der Waals surface area contributed by atoms with Gasteiger partial charge in [-0.15, -0.1) is 0 Å². The van der Waals surface area contributed by atoms with Crippen molar-refractivity contribution in [2.45, 2.75) is 13.5 Å². The molecule has 2 heterocycles. The molecule has 0 amide bonds. The number of hydrogen-bond acceptors (Lipinski definition) is 3. The van der Waals surface area contributed by atoms with Crippen molar-refractivity contribution < 1.29 is 9.90 Å². The van der Waals surface area contributed by atoms with Gasteiger partial charge in [-0.3, -0.25) is 9.55 Å². The van der Waals surface area contributed by atoms with Gasteiger partial charge in [0.15, 0.2) is 0 Å². The average Bonchev–Trinajstić information content (AvgIpc) is 2.77. The summed E-state index contributed by atoms with van der Waals surface area (Å²) in [4.78, 5) is 30.0. The predicted molar refractivity (Wildman–Crippen MR) is 77.6 cm³/mol. The number of carbonyl (C=O) groups is 1. The molecule has 0 bridgehead atoms. The van der Waals surface area contributed by atoms with Crippen LogP contribution in [0.5, 0.6) is 0 Å². The fourth-order valence-corrected chi connectivity index (χ4v) is 2.35. The van der Waals surface area contributed by atoms with Gasteiger partial charge in [-0.2, -0.15) is 0 Å². The summed E-state index contributed by atoms with van der Waals surface area (Å²) < 4.78 is 1.52. The van der Waals surface area contributed by atoms with Crippen LogP contribution in [0.15, 0.2) is 41.5 Å². The third kappa shape index (κ3) is 2.20. The lowest BCUT2D eigenvalue weighted by molar-refractivity contribution is 0.0699. The third-order valence-electron chi connectivity index (χ3n) is 3.52. The highest BCUT2D eigenvalue weighted by Gasteiger charge is 2.14. The Morgan fingerprint density at radius 3 is 2.90 bits per heavy atom. The highest BCUT2D eigenvalue weighted by atomic mass is 16.4. The summed E-state index contributed by atoms with van der Waals surface area (Å²) in [5.74, 6) is -1.06. The summed E-state index contributed by atoms with van der Waals surface area (Å²) in [6, 6.07) is 6.70. The topological polar surface area (TPSA) is 88.0 Å². The highest BCUT2D eigenvalue weighted by Crippen LogP contribution is 2.17. The monoisotopic (exact) mass is 283 g/mol. The predicted octanol–water partition coefficient (Wildman–Crippen LogP) is 1.78. The molecule has 0 saturated carbocycles. The number of carboxylic acid groups (broad SMARTS) is 1. The number of aromatic nitrogens is 3. The lowest BCUT2D eigenvalue weighted by atomic mass is 10.1. The van der Waals surface area contributed by atoms with E-state index in [2.05, 4.69) is 9.97 Å². The van der Waals surface area contributed by atoms with Gasteiger partial charge in [-0.05, 0) is 36.2 Å². The maximum Gasteiger partial charge on any atom is 0.337 e. The number of aromatic carboxylic acids is 1. The van der Waals surface area contributed by atoms with Gasteiger partial charge in [-0.25, -0.2) is 9.59 Å². The van der Waals surface area contributed by atoms with Crippen LogP contribution in [-0.4, -0.2) is 25.6 Å². The van der Waals surface area contributed by atoms with Crippen molar-refractivity contribution in [3.8, 4) is 0 Å². The van der Waals surface area contributed by atoms with Crippen LogP contribution >= 0.6 is 0 Å². The van der Waals surface area contributed by atoms with Crippen molar-refractivity contribution in [1.29, 1.82) is 0 Å². The molecule has 0 fully saturated rings. The Morgan fingerprint density at radius 2 is 2.19 bits per heavy atom. The Hall–Kier alpha value is -2.89. The number of aryl methyl sites for hydroxylation is 1. The standard InChI is InChI=1S/C15H13N3O3/c1-9-5-6-16-7-10(9)8-18-12-4-2-3-11(14(19)20)13(12)17-15(18)21/h2-7H,8H2,1H3,(H,17,21)(H,19,20). The number of fused-ring (bicyclic) bond motifs is 1. The van der Waals surface area contributed by atoms with Gasteiger partial charge < -0.3 is 10.1 Å². The number of rotatable bonds is 3. The molecule has 6 heteroatoms. The molecule has 2 aromatic heterocycles. The molecule has 6 nitrogen and oxygen atoms in total. The SMILES string of the molecule is Cc1ccncc1Cn1c(=O)[nH]c2c(C(=O)O)cccc21. The van der Waals surface area contributed by atoms with E-state index in [1.54, 1.807) is 24.5 Å². The van der Waals surface area contributed by atoms with E-state index >= 15 is 0 Å². The molecule has 21 heavy (non-hydrogen) atoms. The van der Waals surface area contributed by atoms with E-state index in [-0.39, 0.29) is 11.3 Å². The number of para-hydroxylation sites is 1. The van der Waals surface area contributed by atoms with Crippen molar-refractivity contribution in [2.75, 3.05) is 0 Å². The summed E-state index contributed by atoms with van der Waals surface area (Å²) in [7, 11) is 0.